The Balaban J connectivity index is 1.84. The lowest BCUT2D eigenvalue weighted by Gasteiger charge is -2.21. The van der Waals surface area contributed by atoms with E-state index < -0.39 is 6.04 Å². The van der Waals surface area contributed by atoms with Crippen molar-refractivity contribution >= 4 is 23.0 Å². The summed E-state index contributed by atoms with van der Waals surface area (Å²) in [7, 11) is 3.49. The molecule has 0 bridgehead atoms. The summed E-state index contributed by atoms with van der Waals surface area (Å²) in [5.74, 6) is -0.0175. The number of oxazole rings is 1. The van der Waals surface area contributed by atoms with Crippen LogP contribution in [-0.2, 0) is 11.2 Å². The number of benzene rings is 2. The van der Waals surface area contributed by atoms with Crippen molar-refractivity contribution in [2.75, 3.05) is 19.4 Å². The summed E-state index contributed by atoms with van der Waals surface area (Å²) in [6.07, 6.45) is 0.566. The number of likely N-dealkylation sites (N-methyl/N-ethyl adjacent to an activating group) is 1. The number of nitrogens with one attached hydrogen (secondary N) is 1. The van der Waals surface area contributed by atoms with Gasteiger partial charge in [0.15, 0.2) is 5.58 Å². The minimum atomic E-state index is -0.430. The van der Waals surface area contributed by atoms with E-state index in [4.69, 9.17) is 4.42 Å². The van der Waals surface area contributed by atoms with Crippen LogP contribution in [0.2, 0.25) is 0 Å². The predicted molar refractivity (Wildman–Crippen MR) is 90.3 cm³/mol. The number of rotatable bonds is 5. The molecule has 2 aromatic carbocycles. The number of aromatic nitrogens is 1. The van der Waals surface area contributed by atoms with Crippen LogP contribution in [0.15, 0.2) is 59.0 Å². The van der Waals surface area contributed by atoms with E-state index in [1.165, 1.54) is 0 Å². The average molecular weight is 309 g/mol. The molecule has 5 nitrogen and oxygen atoms in total. The molecule has 1 N–H and O–H groups in total. The Kier molecular flexibility index (Phi) is 4.28. The van der Waals surface area contributed by atoms with E-state index in [0.29, 0.717) is 18.0 Å². The summed E-state index contributed by atoms with van der Waals surface area (Å²) >= 11 is 0. The molecule has 0 aliphatic carbocycles. The molecule has 1 unspecified atom stereocenters. The van der Waals surface area contributed by atoms with Gasteiger partial charge in [0, 0.05) is 20.5 Å². The first-order valence-electron chi connectivity index (χ1n) is 7.50. The average Bonchev–Trinajstić information content (AvgIpc) is 2.96. The Morgan fingerprint density at radius 1 is 1.13 bits per heavy atom. The molecule has 118 valence electrons. The topological polar surface area (TPSA) is 58.4 Å². The molecule has 0 fully saturated rings. The third kappa shape index (κ3) is 3.51. The molecule has 0 saturated heterocycles. The van der Waals surface area contributed by atoms with Crippen LogP contribution in [0.3, 0.4) is 0 Å². The first-order chi connectivity index (χ1) is 11.1. The molecule has 1 heterocycles. The fourth-order valence-electron chi connectivity index (χ4n) is 2.44. The van der Waals surface area contributed by atoms with Crippen molar-refractivity contribution in [1.29, 1.82) is 0 Å². The van der Waals surface area contributed by atoms with E-state index in [1.807, 2.05) is 54.6 Å². The zero-order chi connectivity index (χ0) is 16.2. The molecule has 0 aliphatic rings. The normalized spacial score (nSPS) is 12.1. The first kappa shape index (κ1) is 15.1. The number of carbonyl (C=O) groups is 1. The van der Waals surface area contributed by atoms with E-state index in [9.17, 15) is 4.79 Å². The summed E-state index contributed by atoms with van der Waals surface area (Å²) in [6.45, 7) is 0. The predicted octanol–water partition coefficient (Wildman–Crippen LogP) is 2.94. The fraction of sp³-hybridized carbons (Fsp3) is 0.222. The Labute approximate surface area is 134 Å². The molecule has 0 spiro atoms. The molecule has 1 aromatic heterocycles. The van der Waals surface area contributed by atoms with Gasteiger partial charge in [-0.25, -0.2) is 0 Å². The highest BCUT2D eigenvalue weighted by Gasteiger charge is 2.22. The van der Waals surface area contributed by atoms with Gasteiger partial charge in [-0.3, -0.25) is 4.79 Å². The number of hydrogen-bond acceptors (Lipinski definition) is 4. The van der Waals surface area contributed by atoms with Gasteiger partial charge in [0.1, 0.15) is 11.6 Å². The van der Waals surface area contributed by atoms with Crippen LogP contribution in [0.25, 0.3) is 11.1 Å². The molecule has 5 heteroatoms. The van der Waals surface area contributed by atoms with Gasteiger partial charge in [-0.1, -0.05) is 42.5 Å². The number of carbonyl (C=O) groups excluding carboxylic acids is 1. The van der Waals surface area contributed by atoms with Gasteiger partial charge < -0.3 is 14.6 Å². The molecule has 23 heavy (non-hydrogen) atoms. The van der Waals surface area contributed by atoms with Crippen LogP contribution in [0.5, 0.6) is 0 Å². The first-order valence-corrected chi connectivity index (χ1v) is 7.50. The van der Waals surface area contributed by atoms with E-state index >= 15 is 0 Å². The molecule has 0 saturated carbocycles. The summed E-state index contributed by atoms with van der Waals surface area (Å²) in [5, 5.41) is 3.13. The van der Waals surface area contributed by atoms with Crippen LogP contribution in [0, 0.1) is 0 Å². The van der Waals surface area contributed by atoms with E-state index in [-0.39, 0.29) is 5.91 Å². The van der Waals surface area contributed by atoms with E-state index in [1.54, 1.807) is 19.0 Å². The van der Waals surface area contributed by atoms with Gasteiger partial charge >= 0.3 is 0 Å². The Morgan fingerprint density at radius 2 is 1.83 bits per heavy atom. The summed E-state index contributed by atoms with van der Waals surface area (Å²) < 4.78 is 5.67. The smallest absolute Gasteiger partial charge is 0.296 e. The van der Waals surface area contributed by atoms with Crippen molar-refractivity contribution in [3.8, 4) is 0 Å². The van der Waals surface area contributed by atoms with Crippen molar-refractivity contribution in [3.05, 3.63) is 60.2 Å². The van der Waals surface area contributed by atoms with Gasteiger partial charge in [0.2, 0.25) is 5.91 Å². The maximum atomic E-state index is 12.5. The fourth-order valence-corrected chi connectivity index (χ4v) is 2.44. The van der Waals surface area contributed by atoms with Crippen LogP contribution >= 0.6 is 0 Å². The summed E-state index contributed by atoms with van der Waals surface area (Å²) in [4.78, 5) is 18.4. The molecule has 3 aromatic rings. The molecule has 1 amide bonds. The molecule has 0 aliphatic heterocycles. The molecule has 3 rings (SSSR count). The number of anilines is 1. The monoisotopic (exact) mass is 309 g/mol. The quantitative estimate of drug-likeness (QED) is 0.787. The Hall–Kier alpha value is -2.82. The molecule has 1 atom stereocenters. The number of amides is 1. The van der Waals surface area contributed by atoms with Gasteiger partial charge in [-0.15, -0.1) is 0 Å². The third-order valence-electron chi connectivity index (χ3n) is 3.61. The van der Waals surface area contributed by atoms with Crippen molar-refractivity contribution in [2.24, 2.45) is 0 Å². The third-order valence-corrected chi connectivity index (χ3v) is 3.61. The Bertz CT molecular complexity index is 763. The highest BCUT2D eigenvalue weighted by atomic mass is 16.4. The van der Waals surface area contributed by atoms with Crippen LogP contribution in [-0.4, -0.2) is 35.9 Å². The lowest BCUT2D eigenvalue weighted by molar-refractivity contribution is -0.129. The molecular formula is C18H19N3O2. The molecular weight excluding hydrogens is 290 g/mol. The number of fused-ring (bicyclic) bond motifs is 1. The maximum Gasteiger partial charge on any atom is 0.296 e. The number of para-hydroxylation sites is 2. The van der Waals surface area contributed by atoms with Gasteiger partial charge in [0.25, 0.3) is 6.01 Å². The summed E-state index contributed by atoms with van der Waals surface area (Å²) in [6, 6.07) is 17.4. The minimum Gasteiger partial charge on any atom is -0.424 e. The van der Waals surface area contributed by atoms with Crippen molar-refractivity contribution < 1.29 is 9.21 Å². The second-order valence-electron chi connectivity index (χ2n) is 5.61. The van der Waals surface area contributed by atoms with Crippen LogP contribution < -0.4 is 5.32 Å². The van der Waals surface area contributed by atoms with Gasteiger partial charge in [-0.2, -0.15) is 4.98 Å². The van der Waals surface area contributed by atoms with Gasteiger partial charge in [0.05, 0.1) is 0 Å². The number of nitrogens with zero attached hydrogens (tertiary/aromatic N) is 2. The second-order valence-corrected chi connectivity index (χ2v) is 5.61. The SMILES string of the molecule is CN(C)C(=O)C(Cc1ccccc1)Nc1nc2ccccc2o1. The lowest BCUT2D eigenvalue weighted by Crippen LogP contribution is -2.40. The van der Waals surface area contributed by atoms with E-state index in [2.05, 4.69) is 10.3 Å². The zero-order valence-electron chi connectivity index (χ0n) is 13.2. The van der Waals surface area contributed by atoms with Crippen molar-refractivity contribution in [3.63, 3.8) is 0 Å². The van der Waals surface area contributed by atoms with Crippen molar-refractivity contribution in [1.82, 2.24) is 9.88 Å². The second kappa shape index (κ2) is 6.52. The van der Waals surface area contributed by atoms with Crippen LogP contribution in [0.1, 0.15) is 5.56 Å². The van der Waals surface area contributed by atoms with Crippen molar-refractivity contribution in [2.45, 2.75) is 12.5 Å². The standard InChI is InChI=1S/C18H19N3O2/c1-21(2)17(22)15(12-13-8-4-3-5-9-13)20-18-19-14-10-6-7-11-16(14)23-18/h3-11,15H,12H2,1-2H3,(H,19,20). The van der Waals surface area contributed by atoms with Gasteiger partial charge in [-0.05, 0) is 17.7 Å². The Morgan fingerprint density at radius 3 is 2.52 bits per heavy atom. The lowest BCUT2D eigenvalue weighted by atomic mass is 10.1. The largest absolute Gasteiger partial charge is 0.424 e. The molecule has 0 radical (unpaired) electrons. The minimum absolute atomic E-state index is 0.0175. The zero-order valence-corrected chi connectivity index (χ0v) is 13.2. The van der Waals surface area contributed by atoms with Crippen LogP contribution in [0.4, 0.5) is 6.01 Å². The maximum absolute atomic E-state index is 12.5. The number of hydrogen-bond donors (Lipinski definition) is 1. The highest BCUT2D eigenvalue weighted by Crippen LogP contribution is 2.19. The summed E-state index contributed by atoms with van der Waals surface area (Å²) in [5.41, 5.74) is 2.55. The highest BCUT2D eigenvalue weighted by molar-refractivity contribution is 5.84. The van der Waals surface area contributed by atoms with E-state index in [0.717, 1.165) is 11.1 Å².